The van der Waals surface area contributed by atoms with Crippen LogP contribution in [0.2, 0.25) is 0 Å². The van der Waals surface area contributed by atoms with E-state index in [1.54, 1.807) is 7.11 Å². The Morgan fingerprint density at radius 1 is 1.35 bits per heavy atom. The first kappa shape index (κ1) is 16.9. The van der Waals surface area contributed by atoms with Crippen molar-refractivity contribution < 1.29 is 24.2 Å². The maximum atomic E-state index is 11.5. The van der Waals surface area contributed by atoms with Crippen molar-refractivity contribution in [1.29, 1.82) is 0 Å². The van der Waals surface area contributed by atoms with Crippen LogP contribution in [0, 0.1) is 0 Å². The fourth-order valence-electron chi connectivity index (χ4n) is 2.25. The molecule has 0 aromatic rings. The largest absolute Gasteiger partial charge is 0.480 e. The van der Waals surface area contributed by atoms with Crippen LogP contribution < -0.4 is 5.32 Å². The summed E-state index contributed by atoms with van der Waals surface area (Å²) in [5, 5.41) is 11.7. The van der Waals surface area contributed by atoms with Gasteiger partial charge in [0.25, 0.3) is 0 Å². The minimum atomic E-state index is -0.814. The zero-order chi connectivity index (χ0) is 15.0. The van der Waals surface area contributed by atoms with Gasteiger partial charge in [0.15, 0.2) is 0 Å². The molecular weight excluding hydrogens is 264 g/mol. The van der Waals surface area contributed by atoms with Gasteiger partial charge in [0.05, 0.1) is 19.8 Å². The molecule has 0 aliphatic heterocycles. The first-order valence-electron chi connectivity index (χ1n) is 6.88. The van der Waals surface area contributed by atoms with Crippen molar-refractivity contribution in [3.05, 3.63) is 0 Å². The summed E-state index contributed by atoms with van der Waals surface area (Å²) in [6, 6.07) is 0.372. The van der Waals surface area contributed by atoms with Crippen LogP contribution in [0.1, 0.15) is 19.8 Å². The van der Waals surface area contributed by atoms with Gasteiger partial charge in [0.2, 0.25) is 5.91 Å². The second-order valence-corrected chi connectivity index (χ2v) is 4.89. The third kappa shape index (κ3) is 5.85. The summed E-state index contributed by atoms with van der Waals surface area (Å²) in [5.74, 6) is -0.947. The Balaban J connectivity index is 2.14. The molecule has 0 bridgehead atoms. The summed E-state index contributed by atoms with van der Waals surface area (Å²) in [5.41, 5.74) is 0. The Kier molecular flexibility index (Phi) is 7.50. The molecule has 0 radical (unpaired) electrons. The molecule has 1 aliphatic rings. The maximum Gasteiger partial charge on any atom is 0.317 e. The predicted octanol–water partition coefficient (Wildman–Crippen LogP) is -0.297. The van der Waals surface area contributed by atoms with Gasteiger partial charge >= 0.3 is 5.97 Å². The lowest BCUT2D eigenvalue weighted by Crippen LogP contribution is -2.55. The first-order chi connectivity index (χ1) is 9.56. The lowest BCUT2D eigenvalue weighted by molar-refractivity contribution is -0.140. The molecule has 0 unspecified atom stereocenters. The van der Waals surface area contributed by atoms with E-state index in [1.165, 1.54) is 0 Å². The number of nitrogens with one attached hydrogen (secondary N) is 1. The fraction of sp³-hybridized carbons (Fsp3) is 0.846. The highest BCUT2D eigenvalue weighted by Gasteiger charge is 2.34. The van der Waals surface area contributed by atoms with Crippen LogP contribution in [-0.4, -0.2) is 74.0 Å². The molecule has 1 fully saturated rings. The molecule has 0 atom stereocenters. The van der Waals surface area contributed by atoms with Gasteiger partial charge in [-0.3, -0.25) is 14.5 Å². The number of ether oxygens (including phenoxy) is 2. The number of carboxylic acids is 1. The van der Waals surface area contributed by atoms with Gasteiger partial charge < -0.3 is 19.9 Å². The summed E-state index contributed by atoms with van der Waals surface area (Å²) in [7, 11) is 1.58. The molecule has 0 aromatic carbocycles. The molecule has 0 spiro atoms. The van der Waals surface area contributed by atoms with Gasteiger partial charge in [-0.1, -0.05) is 6.92 Å². The van der Waals surface area contributed by atoms with Crippen LogP contribution in [-0.2, 0) is 19.1 Å². The van der Waals surface area contributed by atoms with Gasteiger partial charge in [-0.05, 0) is 19.4 Å². The second-order valence-electron chi connectivity index (χ2n) is 4.89. The van der Waals surface area contributed by atoms with Crippen LogP contribution in [0.15, 0.2) is 0 Å². The van der Waals surface area contributed by atoms with E-state index in [1.807, 2.05) is 11.8 Å². The standard InChI is InChI=1S/C13H24N2O5/c1-3-15(8-13(17)18)11-6-10(7-11)14-12(16)9-20-5-4-19-2/h10-11H,3-9H2,1-2H3,(H,14,16)(H,17,18). The number of hydrogen-bond acceptors (Lipinski definition) is 5. The molecule has 0 heterocycles. The van der Waals surface area contributed by atoms with Crippen LogP contribution in [0.5, 0.6) is 0 Å². The van der Waals surface area contributed by atoms with Gasteiger partial charge in [0.1, 0.15) is 6.61 Å². The number of carbonyl (C=O) groups excluding carboxylic acids is 1. The topological polar surface area (TPSA) is 88.1 Å². The number of amides is 1. The van der Waals surface area contributed by atoms with Crippen molar-refractivity contribution in [2.45, 2.75) is 31.8 Å². The van der Waals surface area contributed by atoms with E-state index in [9.17, 15) is 9.59 Å². The van der Waals surface area contributed by atoms with Crippen LogP contribution >= 0.6 is 0 Å². The molecule has 0 aromatic heterocycles. The zero-order valence-corrected chi connectivity index (χ0v) is 12.1. The highest BCUT2D eigenvalue weighted by molar-refractivity contribution is 5.77. The summed E-state index contributed by atoms with van der Waals surface area (Å²) in [4.78, 5) is 24.2. The number of hydrogen-bond donors (Lipinski definition) is 2. The van der Waals surface area contributed by atoms with Gasteiger partial charge in [0, 0.05) is 19.2 Å². The minimum absolute atomic E-state index is 0.0388. The number of rotatable bonds is 10. The van der Waals surface area contributed by atoms with Crippen LogP contribution in [0.4, 0.5) is 0 Å². The number of methoxy groups -OCH3 is 1. The fourth-order valence-corrected chi connectivity index (χ4v) is 2.25. The number of nitrogens with zero attached hydrogens (tertiary/aromatic N) is 1. The van der Waals surface area contributed by atoms with Crippen molar-refractivity contribution in [1.82, 2.24) is 10.2 Å². The van der Waals surface area contributed by atoms with E-state index in [2.05, 4.69) is 5.32 Å². The Hall–Kier alpha value is -1.18. The summed E-state index contributed by atoms with van der Waals surface area (Å²) < 4.78 is 9.94. The lowest BCUT2D eigenvalue weighted by atomic mass is 9.85. The lowest BCUT2D eigenvalue weighted by Gasteiger charge is -2.42. The summed E-state index contributed by atoms with van der Waals surface area (Å²) in [6.07, 6.45) is 1.59. The van der Waals surface area contributed by atoms with E-state index in [0.717, 1.165) is 12.8 Å². The Morgan fingerprint density at radius 2 is 2.05 bits per heavy atom. The number of aliphatic carboxylic acids is 1. The normalized spacial score (nSPS) is 21.6. The highest BCUT2D eigenvalue weighted by Crippen LogP contribution is 2.25. The van der Waals surface area contributed by atoms with Gasteiger partial charge in [-0.25, -0.2) is 0 Å². The molecule has 7 nitrogen and oxygen atoms in total. The molecule has 1 saturated carbocycles. The molecule has 2 N–H and O–H groups in total. The molecule has 7 heteroatoms. The molecule has 1 aliphatic carbocycles. The SMILES string of the molecule is CCN(CC(=O)O)C1CC(NC(=O)COCCOC)C1. The highest BCUT2D eigenvalue weighted by atomic mass is 16.5. The van der Waals surface area contributed by atoms with Crippen LogP contribution in [0.25, 0.3) is 0 Å². The van der Waals surface area contributed by atoms with E-state index < -0.39 is 5.97 Å². The van der Waals surface area contributed by atoms with Gasteiger partial charge in [-0.15, -0.1) is 0 Å². The van der Waals surface area contributed by atoms with E-state index in [0.29, 0.717) is 19.8 Å². The predicted molar refractivity (Wildman–Crippen MR) is 72.5 cm³/mol. The number of likely N-dealkylation sites (N-methyl/N-ethyl adjacent to an activating group) is 1. The van der Waals surface area contributed by atoms with Gasteiger partial charge in [-0.2, -0.15) is 0 Å². The summed E-state index contributed by atoms with van der Waals surface area (Å²) >= 11 is 0. The quantitative estimate of drug-likeness (QED) is 0.537. The number of carboxylic acid groups (broad SMARTS) is 1. The van der Waals surface area contributed by atoms with Crippen molar-refractivity contribution in [2.24, 2.45) is 0 Å². The molecule has 0 saturated heterocycles. The number of carbonyl (C=O) groups is 2. The smallest absolute Gasteiger partial charge is 0.317 e. The summed E-state index contributed by atoms with van der Waals surface area (Å²) in [6.45, 7) is 3.62. The van der Waals surface area contributed by atoms with Crippen LogP contribution in [0.3, 0.4) is 0 Å². The van der Waals surface area contributed by atoms with Crippen molar-refractivity contribution >= 4 is 11.9 Å². The Bertz CT molecular complexity index is 318. The molecular formula is C13H24N2O5. The van der Waals surface area contributed by atoms with E-state index in [-0.39, 0.29) is 31.1 Å². The molecule has 1 amide bonds. The van der Waals surface area contributed by atoms with E-state index >= 15 is 0 Å². The molecule has 116 valence electrons. The van der Waals surface area contributed by atoms with E-state index in [4.69, 9.17) is 14.6 Å². The third-order valence-electron chi connectivity index (χ3n) is 3.40. The van der Waals surface area contributed by atoms with Crippen molar-refractivity contribution in [3.63, 3.8) is 0 Å². The Labute approximate surface area is 119 Å². The maximum absolute atomic E-state index is 11.5. The zero-order valence-electron chi connectivity index (χ0n) is 12.1. The average Bonchev–Trinajstić information content (AvgIpc) is 2.36. The average molecular weight is 288 g/mol. The molecule has 20 heavy (non-hydrogen) atoms. The first-order valence-corrected chi connectivity index (χ1v) is 6.88. The Morgan fingerprint density at radius 3 is 2.60 bits per heavy atom. The molecule has 1 rings (SSSR count). The minimum Gasteiger partial charge on any atom is -0.480 e. The third-order valence-corrected chi connectivity index (χ3v) is 3.40. The second kappa shape index (κ2) is 8.89. The van der Waals surface area contributed by atoms with Crippen molar-refractivity contribution in [2.75, 3.05) is 40.0 Å². The monoisotopic (exact) mass is 288 g/mol. The van der Waals surface area contributed by atoms with Crippen molar-refractivity contribution in [3.8, 4) is 0 Å².